The molecule has 0 saturated heterocycles. The van der Waals surface area contributed by atoms with E-state index in [0.717, 1.165) is 10.9 Å². The second kappa shape index (κ2) is 5.05. The number of carbonyl (C=O) groups excluding carboxylic acids is 1. The summed E-state index contributed by atoms with van der Waals surface area (Å²) in [6, 6.07) is 7.72. The standard InChI is InChI=1S/C15H20N2O2/c1-4-17(10-15(2,3)19)14(18)12-9-16-13-8-6-5-7-11(12)13/h5-9,16,19H,4,10H2,1-3H3. The Morgan fingerprint density at radius 1 is 1.37 bits per heavy atom. The molecule has 2 rings (SSSR count). The number of hydrogen-bond donors (Lipinski definition) is 2. The molecule has 19 heavy (non-hydrogen) atoms. The van der Waals surface area contributed by atoms with Crippen LogP contribution in [-0.4, -0.2) is 39.6 Å². The third kappa shape index (κ3) is 2.96. The predicted molar refractivity (Wildman–Crippen MR) is 76.2 cm³/mol. The summed E-state index contributed by atoms with van der Waals surface area (Å²) < 4.78 is 0. The lowest BCUT2D eigenvalue weighted by molar-refractivity contribution is 0.0316. The molecule has 2 N–H and O–H groups in total. The van der Waals surface area contributed by atoms with Crippen molar-refractivity contribution in [2.45, 2.75) is 26.4 Å². The fourth-order valence-electron chi connectivity index (χ4n) is 2.21. The van der Waals surface area contributed by atoms with Gasteiger partial charge < -0.3 is 15.0 Å². The number of aliphatic hydroxyl groups is 1. The molecule has 0 aliphatic rings. The number of rotatable bonds is 4. The van der Waals surface area contributed by atoms with E-state index in [-0.39, 0.29) is 5.91 Å². The Kier molecular flexibility index (Phi) is 3.62. The van der Waals surface area contributed by atoms with Gasteiger partial charge in [0.25, 0.3) is 5.91 Å². The van der Waals surface area contributed by atoms with Gasteiger partial charge in [0.05, 0.1) is 11.2 Å². The minimum absolute atomic E-state index is 0.0536. The van der Waals surface area contributed by atoms with Crippen LogP contribution in [0.2, 0.25) is 0 Å². The van der Waals surface area contributed by atoms with Gasteiger partial charge in [-0.1, -0.05) is 18.2 Å². The first-order valence-corrected chi connectivity index (χ1v) is 6.50. The highest BCUT2D eigenvalue weighted by Gasteiger charge is 2.23. The van der Waals surface area contributed by atoms with Gasteiger partial charge in [-0.05, 0) is 26.8 Å². The number of aromatic amines is 1. The van der Waals surface area contributed by atoms with Crippen LogP contribution in [0.15, 0.2) is 30.5 Å². The molecular formula is C15H20N2O2. The van der Waals surface area contributed by atoms with E-state index in [9.17, 15) is 9.90 Å². The summed E-state index contributed by atoms with van der Waals surface area (Å²) in [6.07, 6.45) is 1.74. The van der Waals surface area contributed by atoms with Crippen LogP contribution in [0, 0.1) is 0 Å². The zero-order valence-electron chi connectivity index (χ0n) is 11.6. The van der Waals surface area contributed by atoms with Crippen molar-refractivity contribution in [3.63, 3.8) is 0 Å². The number of aromatic nitrogens is 1. The van der Waals surface area contributed by atoms with Crippen molar-refractivity contribution >= 4 is 16.8 Å². The van der Waals surface area contributed by atoms with E-state index in [2.05, 4.69) is 4.98 Å². The minimum Gasteiger partial charge on any atom is -0.389 e. The highest BCUT2D eigenvalue weighted by molar-refractivity contribution is 6.06. The Labute approximate surface area is 113 Å². The van der Waals surface area contributed by atoms with Crippen molar-refractivity contribution < 1.29 is 9.90 Å². The first kappa shape index (κ1) is 13.6. The smallest absolute Gasteiger partial charge is 0.256 e. The number of fused-ring (bicyclic) bond motifs is 1. The molecule has 0 bridgehead atoms. The van der Waals surface area contributed by atoms with Crippen molar-refractivity contribution in [3.05, 3.63) is 36.0 Å². The Balaban J connectivity index is 2.32. The van der Waals surface area contributed by atoms with Crippen LogP contribution in [0.1, 0.15) is 31.1 Å². The summed E-state index contributed by atoms with van der Waals surface area (Å²) in [6.45, 7) is 6.22. The topological polar surface area (TPSA) is 56.3 Å². The van der Waals surface area contributed by atoms with Gasteiger partial charge in [0, 0.05) is 30.2 Å². The van der Waals surface area contributed by atoms with E-state index >= 15 is 0 Å². The van der Waals surface area contributed by atoms with Gasteiger partial charge >= 0.3 is 0 Å². The lowest BCUT2D eigenvalue weighted by atomic mass is 10.1. The normalized spacial score (nSPS) is 11.8. The molecule has 1 aromatic heterocycles. The van der Waals surface area contributed by atoms with Crippen LogP contribution in [0.25, 0.3) is 10.9 Å². The summed E-state index contributed by atoms with van der Waals surface area (Å²) in [5.74, 6) is -0.0536. The lowest BCUT2D eigenvalue weighted by Gasteiger charge is -2.28. The van der Waals surface area contributed by atoms with Crippen LogP contribution in [0.5, 0.6) is 0 Å². The van der Waals surface area contributed by atoms with Crippen LogP contribution in [0.4, 0.5) is 0 Å². The van der Waals surface area contributed by atoms with E-state index in [1.54, 1.807) is 24.9 Å². The Bertz CT molecular complexity index is 581. The molecule has 1 heterocycles. The predicted octanol–water partition coefficient (Wildman–Crippen LogP) is 2.40. The molecule has 0 aliphatic carbocycles. The number of hydrogen-bond acceptors (Lipinski definition) is 2. The van der Waals surface area contributed by atoms with Gasteiger partial charge in [-0.25, -0.2) is 0 Å². The summed E-state index contributed by atoms with van der Waals surface area (Å²) in [7, 11) is 0. The SMILES string of the molecule is CCN(CC(C)(C)O)C(=O)c1c[nH]c2ccccc12. The van der Waals surface area contributed by atoms with E-state index in [4.69, 9.17) is 0 Å². The van der Waals surface area contributed by atoms with Crippen LogP contribution >= 0.6 is 0 Å². The number of nitrogens with zero attached hydrogens (tertiary/aromatic N) is 1. The summed E-state index contributed by atoms with van der Waals surface area (Å²) in [5.41, 5.74) is 0.712. The van der Waals surface area contributed by atoms with E-state index in [0.29, 0.717) is 18.7 Å². The molecule has 1 amide bonds. The zero-order chi connectivity index (χ0) is 14.0. The Morgan fingerprint density at radius 2 is 2.05 bits per heavy atom. The molecule has 0 unspecified atom stereocenters. The largest absolute Gasteiger partial charge is 0.389 e. The van der Waals surface area contributed by atoms with Crippen molar-refractivity contribution in [3.8, 4) is 0 Å². The second-order valence-corrected chi connectivity index (χ2v) is 5.38. The van der Waals surface area contributed by atoms with Gasteiger partial charge in [0.1, 0.15) is 0 Å². The number of benzene rings is 1. The zero-order valence-corrected chi connectivity index (χ0v) is 11.6. The molecule has 0 radical (unpaired) electrons. The number of likely N-dealkylation sites (N-methyl/N-ethyl adjacent to an activating group) is 1. The third-order valence-corrected chi connectivity index (χ3v) is 3.07. The van der Waals surface area contributed by atoms with Gasteiger partial charge in [0.15, 0.2) is 0 Å². The first-order chi connectivity index (χ1) is 8.92. The Morgan fingerprint density at radius 3 is 2.68 bits per heavy atom. The van der Waals surface area contributed by atoms with Crippen LogP contribution < -0.4 is 0 Å². The lowest BCUT2D eigenvalue weighted by Crippen LogP contribution is -2.42. The average Bonchev–Trinajstić information content (AvgIpc) is 2.78. The third-order valence-electron chi connectivity index (χ3n) is 3.07. The molecule has 1 aromatic carbocycles. The molecule has 0 saturated carbocycles. The molecule has 0 spiro atoms. The van der Waals surface area contributed by atoms with E-state index < -0.39 is 5.60 Å². The van der Waals surface area contributed by atoms with E-state index in [1.165, 1.54) is 0 Å². The monoisotopic (exact) mass is 260 g/mol. The highest BCUT2D eigenvalue weighted by Crippen LogP contribution is 2.20. The van der Waals surface area contributed by atoms with Gasteiger partial charge in [-0.15, -0.1) is 0 Å². The van der Waals surface area contributed by atoms with Crippen molar-refractivity contribution in [1.29, 1.82) is 0 Å². The average molecular weight is 260 g/mol. The van der Waals surface area contributed by atoms with E-state index in [1.807, 2.05) is 31.2 Å². The highest BCUT2D eigenvalue weighted by atomic mass is 16.3. The van der Waals surface area contributed by atoms with Gasteiger partial charge in [-0.2, -0.15) is 0 Å². The van der Waals surface area contributed by atoms with Crippen molar-refractivity contribution in [1.82, 2.24) is 9.88 Å². The van der Waals surface area contributed by atoms with Gasteiger partial charge in [-0.3, -0.25) is 4.79 Å². The fourth-order valence-corrected chi connectivity index (χ4v) is 2.21. The summed E-state index contributed by atoms with van der Waals surface area (Å²) in [5, 5.41) is 10.8. The van der Waals surface area contributed by atoms with Crippen molar-refractivity contribution in [2.24, 2.45) is 0 Å². The molecule has 4 nitrogen and oxygen atoms in total. The molecule has 0 aliphatic heterocycles. The molecule has 0 atom stereocenters. The Hall–Kier alpha value is -1.81. The number of para-hydroxylation sites is 1. The second-order valence-electron chi connectivity index (χ2n) is 5.38. The number of H-pyrrole nitrogens is 1. The number of carbonyl (C=O) groups is 1. The molecule has 0 fully saturated rings. The minimum atomic E-state index is -0.891. The molecule has 2 aromatic rings. The molecule has 102 valence electrons. The maximum atomic E-state index is 12.5. The van der Waals surface area contributed by atoms with Crippen LogP contribution in [-0.2, 0) is 0 Å². The summed E-state index contributed by atoms with van der Waals surface area (Å²) in [4.78, 5) is 17.3. The maximum absolute atomic E-state index is 12.5. The number of nitrogens with one attached hydrogen (secondary N) is 1. The molecular weight excluding hydrogens is 240 g/mol. The maximum Gasteiger partial charge on any atom is 0.256 e. The van der Waals surface area contributed by atoms with Gasteiger partial charge in [0.2, 0.25) is 0 Å². The molecule has 4 heteroatoms. The van der Waals surface area contributed by atoms with Crippen molar-refractivity contribution in [2.75, 3.05) is 13.1 Å². The summed E-state index contributed by atoms with van der Waals surface area (Å²) >= 11 is 0. The quantitative estimate of drug-likeness (QED) is 0.887. The number of amides is 1. The fraction of sp³-hybridized carbons (Fsp3) is 0.400. The first-order valence-electron chi connectivity index (χ1n) is 6.50. The van der Waals surface area contributed by atoms with Crippen LogP contribution in [0.3, 0.4) is 0 Å².